The summed E-state index contributed by atoms with van der Waals surface area (Å²) < 4.78 is 25.0. The van der Waals surface area contributed by atoms with Gasteiger partial charge in [0.15, 0.2) is 0 Å². The van der Waals surface area contributed by atoms with Gasteiger partial charge in [0.1, 0.15) is 11.6 Å². The molecule has 1 aromatic carbocycles. The maximum Gasteiger partial charge on any atom is 0.322 e. The number of anilines is 1. The third-order valence-electron chi connectivity index (χ3n) is 4.93. The standard InChI is InChI=1S/C13H13N3O.C7H6F2N2O/c1-2-16-12(17)15-11-4-3-9(8-14)7-10(11)13(16)5-6-13;8-5-1-6(9)7(11-2-5)3-10-4-12/h3-4,7H,2,5-6H2,1H3,(H,15,17);1-2,4H,3H2,(H,10,12). The fourth-order valence-electron chi connectivity index (χ4n) is 3.45. The van der Waals surface area contributed by atoms with Gasteiger partial charge in [-0.25, -0.2) is 13.6 Å². The molecule has 0 unspecified atom stereocenters. The Labute approximate surface area is 166 Å². The average molecular weight is 399 g/mol. The SMILES string of the molecule is CCN1C(=O)Nc2ccc(C#N)cc2C12CC2.O=CNCc1ncc(F)cc1F. The summed E-state index contributed by atoms with van der Waals surface area (Å²) in [6.07, 6.45) is 3.31. The monoisotopic (exact) mass is 399 g/mol. The highest BCUT2D eigenvalue weighted by Crippen LogP contribution is 2.55. The molecule has 1 aliphatic carbocycles. The highest BCUT2D eigenvalue weighted by Gasteiger charge is 2.54. The van der Waals surface area contributed by atoms with E-state index in [4.69, 9.17) is 5.26 Å². The van der Waals surface area contributed by atoms with Crippen LogP contribution in [-0.2, 0) is 16.9 Å². The van der Waals surface area contributed by atoms with Crippen LogP contribution in [0.3, 0.4) is 0 Å². The van der Waals surface area contributed by atoms with Crippen LogP contribution < -0.4 is 10.6 Å². The van der Waals surface area contributed by atoms with Crippen LogP contribution in [0.15, 0.2) is 30.5 Å². The van der Waals surface area contributed by atoms with Gasteiger partial charge in [-0.15, -0.1) is 0 Å². The molecule has 3 amide bonds. The normalized spacial score (nSPS) is 15.4. The minimum Gasteiger partial charge on any atom is -0.353 e. The Balaban J connectivity index is 0.000000177. The molecule has 0 saturated heterocycles. The Morgan fingerprint density at radius 3 is 2.72 bits per heavy atom. The number of pyridine rings is 1. The lowest BCUT2D eigenvalue weighted by Gasteiger charge is -2.37. The number of halogens is 2. The molecule has 1 fully saturated rings. The number of nitriles is 1. The average Bonchev–Trinajstić information content (AvgIpc) is 3.49. The lowest BCUT2D eigenvalue weighted by molar-refractivity contribution is -0.109. The number of benzene rings is 1. The molecule has 0 atom stereocenters. The van der Waals surface area contributed by atoms with Crippen molar-refractivity contribution in [3.05, 3.63) is 58.9 Å². The van der Waals surface area contributed by atoms with Crippen molar-refractivity contribution in [2.45, 2.75) is 31.8 Å². The summed E-state index contributed by atoms with van der Waals surface area (Å²) in [5.41, 5.74) is 2.49. The number of hydrogen-bond donors (Lipinski definition) is 2. The van der Waals surface area contributed by atoms with Gasteiger partial charge >= 0.3 is 6.03 Å². The fraction of sp³-hybridized carbons (Fsp3) is 0.300. The predicted molar refractivity (Wildman–Crippen MR) is 101 cm³/mol. The summed E-state index contributed by atoms with van der Waals surface area (Å²) >= 11 is 0. The number of fused-ring (bicyclic) bond motifs is 2. The molecule has 4 rings (SSSR count). The maximum absolute atomic E-state index is 12.7. The van der Waals surface area contributed by atoms with E-state index in [1.165, 1.54) is 0 Å². The quantitative estimate of drug-likeness (QED) is 0.772. The van der Waals surface area contributed by atoms with Gasteiger partial charge in [0.25, 0.3) is 0 Å². The van der Waals surface area contributed by atoms with Gasteiger partial charge < -0.3 is 15.5 Å². The molecule has 1 saturated carbocycles. The Morgan fingerprint density at radius 2 is 2.14 bits per heavy atom. The second-order valence-electron chi connectivity index (χ2n) is 6.66. The molecule has 29 heavy (non-hydrogen) atoms. The van der Waals surface area contributed by atoms with E-state index in [0.717, 1.165) is 36.4 Å². The second-order valence-corrected chi connectivity index (χ2v) is 6.66. The first-order chi connectivity index (χ1) is 13.9. The van der Waals surface area contributed by atoms with E-state index in [0.29, 0.717) is 18.5 Å². The molecule has 2 heterocycles. The smallest absolute Gasteiger partial charge is 0.322 e. The van der Waals surface area contributed by atoms with Crippen molar-refractivity contribution in [3.8, 4) is 6.07 Å². The van der Waals surface area contributed by atoms with Crippen LogP contribution in [0.4, 0.5) is 19.3 Å². The van der Waals surface area contributed by atoms with E-state index < -0.39 is 11.6 Å². The predicted octanol–water partition coefficient (Wildman–Crippen LogP) is 3.02. The van der Waals surface area contributed by atoms with E-state index in [9.17, 15) is 18.4 Å². The number of aromatic nitrogens is 1. The molecule has 2 N–H and O–H groups in total. The van der Waals surface area contributed by atoms with Gasteiger partial charge in [0.05, 0.1) is 35.6 Å². The Kier molecular flexibility index (Phi) is 5.73. The van der Waals surface area contributed by atoms with Gasteiger partial charge in [-0.1, -0.05) is 0 Å². The molecule has 150 valence electrons. The zero-order valence-electron chi connectivity index (χ0n) is 15.7. The third-order valence-corrected chi connectivity index (χ3v) is 4.93. The van der Waals surface area contributed by atoms with Crippen LogP contribution in [0.1, 0.15) is 36.6 Å². The van der Waals surface area contributed by atoms with Gasteiger partial charge in [-0.3, -0.25) is 9.78 Å². The summed E-state index contributed by atoms with van der Waals surface area (Å²) in [5, 5.41) is 14.1. The summed E-state index contributed by atoms with van der Waals surface area (Å²) in [6.45, 7) is 2.65. The third kappa shape index (κ3) is 4.01. The molecule has 1 aromatic heterocycles. The van der Waals surface area contributed by atoms with Gasteiger partial charge in [0, 0.05) is 23.9 Å². The Bertz CT molecular complexity index is 985. The number of carbonyl (C=O) groups is 2. The number of nitrogens with one attached hydrogen (secondary N) is 2. The zero-order valence-corrected chi connectivity index (χ0v) is 15.7. The van der Waals surface area contributed by atoms with Crippen LogP contribution in [0, 0.1) is 23.0 Å². The highest BCUT2D eigenvalue weighted by molar-refractivity contribution is 5.94. The van der Waals surface area contributed by atoms with Crippen LogP contribution in [0.25, 0.3) is 0 Å². The van der Waals surface area contributed by atoms with Crippen LogP contribution in [0.2, 0.25) is 0 Å². The topological polar surface area (TPSA) is 98.1 Å². The van der Waals surface area contributed by atoms with Crippen molar-refractivity contribution in [1.82, 2.24) is 15.2 Å². The van der Waals surface area contributed by atoms with E-state index >= 15 is 0 Å². The molecule has 0 radical (unpaired) electrons. The van der Waals surface area contributed by atoms with E-state index in [1.54, 1.807) is 6.07 Å². The largest absolute Gasteiger partial charge is 0.353 e. The lowest BCUT2D eigenvalue weighted by Crippen LogP contribution is -2.47. The molecular formula is C20H19F2N5O2. The van der Waals surface area contributed by atoms with Gasteiger partial charge in [-0.05, 0) is 38.0 Å². The number of rotatable bonds is 4. The van der Waals surface area contributed by atoms with Crippen LogP contribution >= 0.6 is 0 Å². The fourth-order valence-corrected chi connectivity index (χ4v) is 3.45. The number of amides is 3. The minimum absolute atomic E-state index is 0.0171. The Hall–Kier alpha value is -3.54. The molecule has 1 aliphatic heterocycles. The first-order valence-corrected chi connectivity index (χ1v) is 9.05. The van der Waals surface area contributed by atoms with Crippen molar-refractivity contribution in [3.63, 3.8) is 0 Å². The molecule has 1 spiro atoms. The molecule has 2 aliphatic rings. The minimum atomic E-state index is -0.760. The summed E-state index contributed by atoms with van der Waals surface area (Å²) in [4.78, 5) is 27.1. The van der Waals surface area contributed by atoms with Crippen molar-refractivity contribution < 1.29 is 18.4 Å². The second kappa shape index (κ2) is 8.22. The first-order valence-electron chi connectivity index (χ1n) is 9.05. The highest BCUT2D eigenvalue weighted by atomic mass is 19.1. The maximum atomic E-state index is 12.7. The van der Waals surface area contributed by atoms with E-state index in [-0.39, 0.29) is 23.8 Å². The number of urea groups is 1. The van der Waals surface area contributed by atoms with Crippen molar-refractivity contribution in [2.75, 3.05) is 11.9 Å². The zero-order chi connectivity index (χ0) is 21.0. The molecule has 9 heteroatoms. The van der Waals surface area contributed by atoms with Gasteiger partial charge in [0.2, 0.25) is 6.41 Å². The molecule has 7 nitrogen and oxygen atoms in total. The lowest BCUT2D eigenvalue weighted by atomic mass is 9.96. The summed E-state index contributed by atoms with van der Waals surface area (Å²) in [5.74, 6) is -1.49. The summed E-state index contributed by atoms with van der Waals surface area (Å²) in [6, 6.07) is 8.33. The molecule has 2 aromatic rings. The van der Waals surface area contributed by atoms with E-state index in [2.05, 4.69) is 21.7 Å². The van der Waals surface area contributed by atoms with E-state index in [1.807, 2.05) is 24.0 Å². The summed E-state index contributed by atoms with van der Waals surface area (Å²) in [7, 11) is 0. The van der Waals surface area contributed by atoms with Crippen molar-refractivity contribution in [2.24, 2.45) is 0 Å². The van der Waals surface area contributed by atoms with Crippen molar-refractivity contribution >= 4 is 18.1 Å². The Morgan fingerprint density at radius 1 is 1.38 bits per heavy atom. The first kappa shape index (κ1) is 20.2. The number of hydrogen-bond acceptors (Lipinski definition) is 4. The van der Waals surface area contributed by atoms with Crippen molar-refractivity contribution in [1.29, 1.82) is 5.26 Å². The number of carbonyl (C=O) groups excluding carboxylic acids is 2. The molecule has 0 bridgehead atoms. The van der Waals surface area contributed by atoms with Crippen LogP contribution in [0.5, 0.6) is 0 Å². The number of nitrogens with zero attached hydrogens (tertiary/aromatic N) is 3. The van der Waals surface area contributed by atoms with Crippen LogP contribution in [-0.4, -0.2) is 28.9 Å². The molecular weight excluding hydrogens is 380 g/mol. The van der Waals surface area contributed by atoms with Gasteiger partial charge in [-0.2, -0.15) is 5.26 Å².